The predicted molar refractivity (Wildman–Crippen MR) is 53.5 cm³/mol. The second-order valence-electron chi connectivity index (χ2n) is 3.25. The third-order valence-corrected chi connectivity index (χ3v) is 2.05. The van der Waals surface area contributed by atoms with E-state index in [1.807, 2.05) is 6.92 Å². The normalized spacial score (nSPS) is 13.3. The third kappa shape index (κ3) is 4.34. The fourth-order valence-corrected chi connectivity index (χ4v) is 1.18. The van der Waals surface area contributed by atoms with Crippen LogP contribution in [0.3, 0.4) is 0 Å². The van der Waals surface area contributed by atoms with E-state index in [2.05, 4.69) is 18.7 Å². The molecule has 3 nitrogen and oxygen atoms in total. The molecule has 12 heavy (non-hydrogen) atoms. The van der Waals surface area contributed by atoms with E-state index >= 15 is 0 Å². The summed E-state index contributed by atoms with van der Waals surface area (Å²) in [7, 11) is 0. The Hall–Kier alpha value is -0.570. The Bertz CT molecular complexity index is 134. The van der Waals surface area contributed by atoms with Crippen molar-refractivity contribution < 1.29 is 0 Å². The first-order chi connectivity index (χ1) is 5.61. The van der Waals surface area contributed by atoms with E-state index in [0.29, 0.717) is 5.84 Å². The minimum Gasteiger partial charge on any atom is -0.387 e. The molecular formula is C9H21N3. The van der Waals surface area contributed by atoms with Crippen LogP contribution in [0, 0.1) is 11.3 Å². The van der Waals surface area contributed by atoms with Crippen LogP contribution in [-0.4, -0.2) is 30.4 Å². The lowest BCUT2D eigenvalue weighted by Gasteiger charge is -2.22. The molecule has 0 fully saturated rings. The van der Waals surface area contributed by atoms with Crippen LogP contribution in [0.5, 0.6) is 0 Å². The van der Waals surface area contributed by atoms with E-state index in [-0.39, 0.29) is 5.92 Å². The minimum atomic E-state index is 0.191. The molecule has 3 N–H and O–H groups in total. The Labute approximate surface area is 75.4 Å². The molecule has 0 saturated carbocycles. The molecule has 0 heterocycles. The molecule has 0 spiro atoms. The molecule has 0 aliphatic rings. The van der Waals surface area contributed by atoms with Crippen LogP contribution in [0.25, 0.3) is 0 Å². The lowest BCUT2D eigenvalue weighted by molar-refractivity contribution is 0.272. The van der Waals surface area contributed by atoms with Crippen molar-refractivity contribution in [3.8, 4) is 0 Å². The molecule has 0 aromatic rings. The van der Waals surface area contributed by atoms with Gasteiger partial charge in [0.05, 0.1) is 5.84 Å². The zero-order valence-electron chi connectivity index (χ0n) is 8.43. The van der Waals surface area contributed by atoms with E-state index in [9.17, 15) is 0 Å². The summed E-state index contributed by atoms with van der Waals surface area (Å²) in [4.78, 5) is 2.33. The highest BCUT2D eigenvalue weighted by atomic mass is 15.1. The van der Waals surface area contributed by atoms with Crippen molar-refractivity contribution in [3.05, 3.63) is 0 Å². The lowest BCUT2D eigenvalue weighted by Crippen LogP contribution is -2.34. The van der Waals surface area contributed by atoms with Gasteiger partial charge in [0.1, 0.15) is 0 Å². The van der Waals surface area contributed by atoms with E-state index in [0.717, 1.165) is 19.6 Å². The molecule has 3 heteroatoms. The van der Waals surface area contributed by atoms with Gasteiger partial charge in [0.2, 0.25) is 0 Å². The van der Waals surface area contributed by atoms with Crippen LogP contribution in [0.4, 0.5) is 0 Å². The highest BCUT2D eigenvalue weighted by Crippen LogP contribution is 1.99. The van der Waals surface area contributed by atoms with Crippen LogP contribution in [-0.2, 0) is 0 Å². The monoisotopic (exact) mass is 171 g/mol. The average molecular weight is 171 g/mol. The van der Waals surface area contributed by atoms with E-state index < -0.39 is 0 Å². The maximum Gasteiger partial charge on any atom is 0.0947 e. The first-order valence-electron chi connectivity index (χ1n) is 4.68. The van der Waals surface area contributed by atoms with Gasteiger partial charge < -0.3 is 10.6 Å². The van der Waals surface area contributed by atoms with Gasteiger partial charge in [-0.2, -0.15) is 0 Å². The number of nitrogens with two attached hydrogens (primary N) is 1. The molecule has 0 saturated heterocycles. The number of hydrogen-bond donors (Lipinski definition) is 2. The van der Waals surface area contributed by atoms with Crippen molar-refractivity contribution in [2.24, 2.45) is 11.7 Å². The maximum atomic E-state index is 7.25. The Morgan fingerprint density at radius 2 is 2.08 bits per heavy atom. The predicted octanol–water partition coefficient (Wildman–Crippen LogP) is 1.29. The molecule has 0 aliphatic heterocycles. The van der Waals surface area contributed by atoms with Crippen molar-refractivity contribution in [3.63, 3.8) is 0 Å². The van der Waals surface area contributed by atoms with Crippen molar-refractivity contribution in [1.29, 1.82) is 5.41 Å². The number of amidine groups is 1. The molecule has 0 amide bonds. The molecule has 0 rings (SSSR count). The summed E-state index contributed by atoms with van der Waals surface area (Å²) in [5.74, 6) is 0.487. The topological polar surface area (TPSA) is 53.1 Å². The van der Waals surface area contributed by atoms with Crippen LogP contribution < -0.4 is 5.73 Å². The summed E-state index contributed by atoms with van der Waals surface area (Å²) < 4.78 is 0. The summed E-state index contributed by atoms with van der Waals surface area (Å²) in [5, 5.41) is 7.25. The van der Waals surface area contributed by atoms with Crippen molar-refractivity contribution in [2.75, 3.05) is 19.6 Å². The van der Waals surface area contributed by atoms with Crippen LogP contribution in [0.15, 0.2) is 0 Å². The SMILES string of the molecule is CCCN(CC)CC(C)C(=N)N. The van der Waals surface area contributed by atoms with E-state index in [1.54, 1.807) is 0 Å². The van der Waals surface area contributed by atoms with Crippen LogP contribution >= 0.6 is 0 Å². The third-order valence-electron chi connectivity index (χ3n) is 2.05. The van der Waals surface area contributed by atoms with Crippen LogP contribution in [0.1, 0.15) is 27.2 Å². The number of rotatable bonds is 6. The Morgan fingerprint density at radius 1 is 1.50 bits per heavy atom. The first-order valence-corrected chi connectivity index (χ1v) is 4.68. The molecule has 72 valence electrons. The quantitative estimate of drug-likeness (QED) is 0.467. The van der Waals surface area contributed by atoms with Crippen molar-refractivity contribution in [2.45, 2.75) is 27.2 Å². The molecule has 0 aromatic carbocycles. The summed E-state index contributed by atoms with van der Waals surface area (Å²) in [6.45, 7) is 9.38. The fourth-order valence-electron chi connectivity index (χ4n) is 1.18. The van der Waals surface area contributed by atoms with Gasteiger partial charge >= 0.3 is 0 Å². The summed E-state index contributed by atoms with van der Waals surface area (Å²) in [5.41, 5.74) is 5.39. The van der Waals surface area contributed by atoms with Gasteiger partial charge in [0, 0.05) is 12.5 Å². The number of nitrogens with one attached hydrogen (secondary N) is 1. The Morgan fingerprint density at radius 3 is 2.42 bits per heavy atom. The van der Waals surface area contributed by atoms with Gasteiger partial charge in [0.25, 0.3) is 0 Å². The van der Waals surface area contributed by atoms with Crippen LogP contribution in [0.2, 0.25) is 0 Å². The zero-order chi connectivity index (χ0) is 9.56. The first kappa shape index (κ1) is 11.4. The number of hydrogen-bond acceptors (Lipinski definition) is 2. The average Bonchev–Trinajstić information content (AvgIpc) is 2.03. The van der Waals surface area contributed by atoms with Gasteiger partial charge in [0.15, 0.2) is 0 Å². The summed E-state index contributed by atoms with van der Waals surface area (Å²) >= 11 is 0. The van der Waals surface area contributed by atoms with Gasteiger partial charge in [-0.1, -0.05) is 20.8 Å². The zero-order valence-corrected chi connectivity index (χ0v) is 8.43. The minimum absolute atomic E-state index is 0.191. The van der Waals surface area contributed by atoms with Crippen molar-refractivity contribution in [1.82, 2.24) is 4.90 Å². The molecule has 1 unspecified atom stereocenters. The maximum absolute atomic E-state index is 7.25. The van der Waals surface area contributed by atoms with E-state index in [1.165, 1.54) is 6.42 Å². The van der Waals surface area contributed by atoms with Gasteiger partial charge in [-0.3, -0.25) is 5.41 Å². The molecule has 0 aliphatic carbocycles. The smallest absolute Gasteiger partial charge is 0.0947 e. The summed E-state index contributed by atoms with van der Waals surface area (Å²) in [6, 6.07) is 0. The highest BCUT2D eigenvalue weighted by molar-refractivity contribution is 5.79. The second-order valence-corrected chi connectivity index (χ2v) is 3.25. The molecule has 1 atom stereocenters. The van der Waals surface area contributed by atoms with Gasteiger partial charge in [-0.15, -0.1) is 0 Å². The number of nitrogens with zero attached hydrogens (tertiary/aromatic N) is 1. The Kier molecular flexibility index (Phi) is 5.72. The highest BCUT2D eigenvalue weighted by Gasteiger charge is 2.09. The van der Waals surface area contributed by atoms with Gasteiger partial charge in [-0.25, -0.2) is 0 Å². The lowest BCUT2D eigenvalue weighted by atomic mass is 10.1. The van der Waals surface area contributed by atoms with E-state index in [4.69, 9.17) is 11.1 Å². The Balaban J connectivity index is 3.76. The summed E-state index contributed by atoms with van der Waals surface area (Å²) in [6.07, 6.45) is 1.17. The standard InChI is InChI=1S/C9H21N3/c1-4-6-12(5-2)7-8(3)9(10)11/h8H,4-7H2,1-3H3,(H3,10,11). The molecule has 0 aromatic heterocycles. The fraction of sp³-hybridized carbons (Fsp3) is 0.889. The van der Waals surface area contributed by atoms with Gasteiger partial charge in [-0.05, 0) is 19.5 Å². The van der Waals surface area contributed by atoms with Crippen molar-refractivity contribution >= 4 is 5.84 Å². The second kappa shape index (κ2) is 6.00. The largest absolute Gasteiger partial charge is 0.387 e. The molecule has 0 radical (unpaired) electrons. The molecular weight excluding hydrogens is 150 g/mol. The molecule has 0 bridgehead atoms.